The van der Waals surface area contributed by atoms with Gasteiger partial charge in [0, 0.05) is 29.9 Å². The van der Waals surface area contributed by atoms with Gasteiger partial charge in [-0.15, -0.1) is 0 Å². The summed E-state index contributed by atoms with van der Waals surface area (Å²) in [5, 5.41) is 0. The lowest BCUT2D eigenvalue weighted by atomic mass is 9.83. The first-order chi connectivity index (χ1) is 8.48. The normalized spacial score (nSPS) is 22.7. The van der Waals surface area contributed by atoms with Gasteiger partial charge in [0.05, 0.1) is 0 Å². The van der Waals surface area contributed by atoms with E-state index in [1.54, 1.807) is 12.1 Å². The minimum Gasteiger partial charge on any atom is -0.292 e. The molecule has 1 aliphatic carbocycles. The monoisotopic (exact) mass is 317 g/mol. The van der Waals surface area contributed by atoms with Crippen LogP contribution in [0.15, 0.2) is 22.8 Å². The van der Waals surface area contributed by atoms with Crippen LogP contribution in [0.5, 0.6) is 0 Å². The number of alkyl halides is 2. The number of nitrogens with zero attached hydrogens (tertiary/aromatic N) is 1. The minimum absolute atomic E-state index is 0.0506. The lowest BCUT2D eigenvalue weighted by Crippen LogP contribution is -2.27. The maximum absolute atomic E-state index is 13.3. The van der Waals surface area contributed by atoms with E-state index in [0.29, 0.717) is 23.0 Å². The number of aromatic nitrogens is 1. The van der Waals surface area contributed by atoms with Gasteiger partial charge in [0.2, 0.25) is 5.92 Å². The van der Waals surface area contributed by atoms with Gasteiger partial charge in [-0.2, -0.15) is 0 Å². The van der Waals surface area contributed by atoms with E-state index in [1.165, 1.54) is 6.20 Å². The molecule has 0 aromatic carbocycles. The molecule has 18 heavy (non-hydrogen) atoms. The molecule has 0 aliphatic heterocycles. The maximum Gasteiger partial charge on any atom is 0.248 e. The van der Waals surface area contributed by atoms with Crippen molar-refractivity contribution in [2.75, 3.05) is 0 Å². The molecule has 2 nitrogen and oxygen atoms in total. The predicted molar refractivity (Wildman–Crippen MR) is 67.8 cm³/mol. The van der Waals surface area contributed by atoms with E-state index in [2.05, 4.69) is 20.9 Å². The van der Waals surface area contributed by atoms with E-state index >= 15 is 0 Å². The van der Waals surface area contributed by atoms with Gasteiger partial charge in [0.1, 0.15) is 5.69 Å². The fourth-order valence-corrected chi connectivity index (χ4v) is 2.88. The largest absolute Gasteiger partial charge is 0.292 e. The number of ketones is 1. The first kappa shape index (κ1) is 13.6. The number of Topliss-reactive ketones (excluding diaryl/α,β-unsaturated/α-hetero) is 1. The van der Waals surface area contributed by atoms with Gasteiger partial charge >= 0.3 is 0 Å². The molecule has 0 saturated heterocycles. The molecule has 1 unspecified atom stereocenters. The molecular formula is C13H14BrF2NO. The predicted octanol–water partition coefficient (Wildman–Crippen LogP) is 4.24. The van der Waals surface area contributed by atoms with Gasteiger partial charge in [-0.1, -0.05) is 0 Å². The SMILES string of the molecule is O=C(CC1CCCC(F)(F)C1)c1ncccc1Br. The summed E-state index contributed by atoms with van der Waals surface area (Å²) in [7, 11) is 0. The van der Waals surface area contributed by atoms with Gasteiger partial charge in [0.15, 0.2) is 5.78 Å². The molecule has 0 amide bonds. The van der Waals surface area contributed by atoms with Gasteiger partial charge < -0.3 is 0 Å². The Morgan fingerprint density at radius 3 is 3.00 bits per heavy atom. The Balaban J connectivity index is 2.02. The van der Waals surface area contributed by atoms with E-state index in [4.69, 9.17) is 0 Å². The number of rotatable bonds is 3. The zero-order valence-electron chi connectivity index (χ0n) is 9.83. The third-order valence-corrected chi connectivity index (χ3v) is 3.88. The molecule has 0 spiro atoms. The van der Waals surface area contributed by atoms with Crippen LogP contribution in [0.3, 0.4) is 0 Å². The molecule has 1 fully saturated rings. The van der Waals surface area contributed by atoms with E-state index in [0.717, 1.165) is 0 Å². The van der Waals surface area contributed by atoms with Crippen molar-refractivity contribution in [3.05, 3.63) is 28.5 Å². The molecule has 2 rings (SSSR count). The van der Waals surface area contributed by atoms with Gasteiger partial charge in [-0.05, 0) is 46.8 Å². The average Bonchev–Trinajstić information content (AvgIpc) is 2.28. The summed E-state index contributed by atoms with van der Waals surface area (Å²) >= 11 is 3.25. The molecule has 1 aliphatic rings. The number of carbonyl (C=O) groups excluding carboxylic acids is 1. The van der Waals surface area contributed by atoms with Crippen LogP contribution in [0.4, 0.5) is 8.78 Å². The summed E-state index contributed by atoms with van der Waals surface area (Å²) in [5.74, 6) is -3.00. The van der Waals surface area contributed by atoms with Crippen LogP contribution < -0.4 is 0 Å². The maximum atomic E-state index is 13.3. The number of hydrogen-bond acceptors (Lipinski definition) is 2. The van der Waals surface area contributed by atoms with E-state index in [9.17, 15) is 13.6 Å². The van der Waals surface area contributed by atoms with Crippen molar-refractivity contribution in [3.8, 4) is 0 Å². The summed E-state index contributed by atoms with van der Waals surface area (Å²) in [6, 6.07) is 3.45. The van der Waals surface area contributed by atoms with E-state index in [-0.39, 0.29) is 31.0 Å². The first-order valence-electron chi connectivity index (χ1n) is 5.99. The average molecular weight is 318 g/mol. The van der Waals surface area contributed by atoms with Gasteiger partial charge in [-0.3, -0.25) is 9.78 Å². The fourth-order valence-electron chi connectivity index (χ4n) is 2.40. The van der Waals surface area contributed by atoms with Crippen LogP contribution in [0.25, 0.3) is 0 Å². The molecule has 1 aromatic heterocycles. The summed E-state index contributed by atoms with van der Waals surface area (Å²) in [6.07, 6.45) is 2.66. The molecule has 0 radical (unpaired) electrons. The van der Waals surface area contributed by atoms with Crippen molar-refractivity contribution in [3.63, 3.8) is 0 Å². The lowest BCUT2D eigenvalue weighted by Gasteiger charge is -2.28. The Morgan fingerprint density at radius 2 is 2.33 bits per heavy atom. The Morgan fingerprint density at radius 1 is 1.56 bits per heavy atom. The third kappa shape index (κ3) is 3.34. The number of hydrogen-bond donors (Lipinski definition) is 0. The topological polar surface area (TPSA) is 30.0 Å². The number of carbonyl (C=O) groups is 1. The molecule has 1 heterocycles. The van der Waals surface area contributed by atoms with Crippen molar-refractivity contribution < 1.29 is 13.6 Å². The van der Waals surface area contributed by atoms with Crippen molar-refractivity contribution in [1.82, 2.24) is 4.98 Å². The summed E-state index contributed by atoms with van der Waals surface area (Å²) in [4.78, 5) is 16.0. The van der Waals surface area contributed by atoms with Crippen LogP contribution in [0, 0.1) is 5.92 Å². The second-order valence-electron chi connectivity index (χ2n) is 4.78. The number of halogens is 3. The number of pyridine rings is 1. The van der Waals surface area contributed by atoms with Crippen molar-refractivity contribution in [2.45, 2.75) is 38.0 Å². The molecule has 1 saturated carbocycles. The van der Waals surface area contributed by atoms with Gasteiger partial charge in [0.25, 0.3) is 0 Å². The lowest BCUT2D eigenvalue weighted by molar-refractivity contribution is -0.0521. The molecule has 98 valence electrons. The Labute approximate surface area is 113 Å². The molecule has 5 heteroatoms. The smallest absolute Gasteiger partial charge is 0.248 e. The first-order valence-corrected chi connectivity index (χ1v) is 6.79. The molecule has 1 aromatic rings. The van der Waals surface area contributed by atoms with Crippen LogP contribution in [0.2, 0.25) is 0 Å². The van der Waals surface area contributed by atoms with Crippen LogP contribution in [-0.4, -0.2) is 16.7 Å². The van der Waals surface area contributed by atoms with Crippen LogP contribution in [-0.2, 0) is 0 Å². The van der Waals surface area contributed by atoms with Crippen molar-refractivity contribution in [1.29, 1.82) is 0 Å². The second-order valence-corrected chi connectivity index (χ2v) is 5.63. The summed E-state index contributed by atoms with van der Waals surface area (Å²) < 4.78 is 27.1. The highest BCUT2D eigenvalue weighted by atomic mass is 79.9. The minimum atomic E-state index is -2.61. The molecule has 0 bridgehead atoms. The van der Waals surface area contributed by atoms with Gasteiger partial charge in [-0.25, -0.2) is 8.78 Å². The zero-order chi connectivity index (χ0) is 13.2. The fraction of sp³-hybridized carbons (Fsp3) is 0.538. The molecule has 1 atom stereocenters. The Kier molecular flexibility index (Phi) is 4.10. The summed E-state index contributed by atoms with van der Waals surface area (Å²) in [5.41, 5.74) is 0.339. The van der Waals surface area contributed by atoms with Crippen LogP contribution >= 0.6 is 15.9 Å². The third-order valence-electron chi connectivity index (χ3n) is 3.24. The second kappa shape index (κ2) is 5.43. The van der Waals surface area contributed by atoms with Crippen LogP contribution in [0.1, 0.15) is 42.6 Å². The highest BCUT2D eigenvalue weighted by Crippen LogP contribution is 2.38. The van der Waals surface area contributed by atoms with Crippen molar-refractivity contribution in [2.24, 2.45) is 5.92 Å². The standard InChI is InChI=1S/C13H14BrF2NO/c14-10-4-2-6-17-12(10)11(18)7-9-3-1-5-13(15,16)8-9/h2,4,6,9H,1,3,5,7-8H2. The van der Waals surface area contributed by atoms with Crippen molar-refractivity contribution >= 4 is 21.7 Å². The highest BCUT2D eigenvalue weighted by molar-refractivity contribution is 9.10. The Hall–Kier alpha value is -0.840. The van der Waals surface area contributed by atoms with E-state index < -0.39 is 5.92 Å². The molecule has 0 N–H and O–H groups in total. The zero-order valence-corrected chi connectivity index (χ0v) is 11.4. The summed E-state index contributed by atoms with van der Waals surface area (Å²) in [6.45, 7) is 0. The molecular weight excluding hydrogens is 304 g/mol. The Bertz CT molecular complexity index is 450. The highest BCUT2D eigenvalue weighted by Gasteiger charge is 2.37. The quantitative estimate of drug-likeness (QED) is 0.780. The van der Waals surface area contributed by atoms with E-state index in [1.807, 2.05) is 0 Å².